The maximum absolute atomic E-state index is 14.3. The number of alkyl carbamates (subject to hydrolysis) is 1. The molecule has 0 aliphatic heterocycles. The third-order valence-electron chi connectivity index (χ3n) is 7.05. The normalized spacial score (nSPS) is 13.2. The van der Waals surface area contributed by atoms with Crippen LogP contribution in [-0.2, 0) is 36.7 Å². The van der Waals surface area contributed by atoms with E-state index < -0.39 is 53.2 Å². The number of likely N-dealkylation sites (N-methyl/N-ethyl adjacent to an activating group) is 1. The van der Waals surface area contributed by atoms with Gasteiger partial charge in [0, 0.05) is 25.5 Å². The lowest BCUT2D eigenvalue weighted by molar-refractivity contribution is -0.159. The van der Waals surface area contributed by atoms with Gasteiger partial charge in [-0.25, -0.2) is 9.59 Å². The highest BCUT2D eigenvalue weighted by Gasteiger charge is 2.37. The molecule has 0 radical (unpaired) electrons. The predicted molar refractivity (Wildman–Crippen MR) is 183 cm³/mol. The maximum Gasteiger partial charge on any atom is 0.408 e. The first-order chi connectivity index (χ1) is 22.5. The molecule has 3 rings (SSSR count). The summed E-state index contributed by atoms with van der Waals surface area (Å²) in [6.45, 7) is 10.3. The molecule has 0 bridgehead atoms. The van der Waals surface area contributed by atoms with Gasteiger partial charge in [-0.15, -0.1) is 6.42 Å². The Hall–Kier alpha value is -5.30. The summed E-state index contributed by atoms with van der Waals surface area (Å²) < 4.78 is 11.1. The fourth-order valence-corrected chi connectivity index (χ4v) is 4.95. The lowest BCUT2D eigenvalue weighted by Gasteiger charge is -2.33. The minimum Gasteiger partial charge on any atom is -0.508 e. The van der Waals surface area contributed by atoms with E-state index in [4.69, 9.17) is 15.9 Å². The average Bonchev–Trinajstić information content (AvgIpc) is 3.00. The standard InChI is InChI=1S/C38H45N3O7/c1-9-27-17-13-14-18-29(27)32(33(43)39-31(35(45)47-37(2,3)4)24-25-15-11-10-12-16-25)41(8)34(44)30(40-36(46)48-38(5,6)7)23-26-19-21-28(42)22-20-26/h1,10-22,30-32,42H,23-24H2,2-8H3,(H,39,43)(H,40,46). The van der Waals surface area contributed by atoms with Crippen LogP contribution in [0.2, 0.25) is 0 Å². The zero-order valence-corrected chi connectivity index (χ0v) is 28.6. The van der Waals surface area contributed by atoms with Gasteiger partial charge in [0.05, 0.1) is 0 Å². The largest absolute Gasteiger partial charge is 0.508 e. The monoisotopic (exact) mass is 655 g/mol. The molecular weight excluding hydrogens is 610 g/mol. The molecule has 3 atom stereocenters. The summed E-state index contributed by atoms with van der Waals surface area (Å²) in [6, 6.07) is 18.4. The molecule has 10 heteroatoms. The van der Waals surface area contributed by atoms with Crippen LogP contribution in [-0.4, -0.2) is 64.2 Å². The third-order valence-corrected chi connectivity index (χ3v) is 7.05. The van der Waals surface area contributed by atoms with Gasteiger partial charge in [-0.2, -0.15) is 0 Å². The number of ether oxygens (including phenoxy) is 2. The Morgan fingerprint density at radius 1 is 0.771 bits per heavy atom. The molecule has 3 N–H and O–H groups in total. The van der Waals surface area contributed by atoms with E-state index in [9.17, 15) is 24.3 Å². The molecular formula is C38H45N3O7. The maximum atomic E-state index is 14.3. The first kappa shape index (κ1) is 37.2. The summed E-state index contributed by atoms with van der Waals surface area (Å²) in [6.07, 6.45) is 5.15. The lowest BCUT2D eigenvalue weighted by atomic mass is 9.96. The van der Waals surface area contributed by atoms with Gasteiger partial charge in [0.2, 0.25) is 11.8 Å². The van der Waals surface area contributed by atoms with Crippen molar-refractivity contribution in [2.24, 2.45) is 0 Å². The molecule has 254 valence electrons. The van der Waals surface area contributed by atoms with Crippen LogP contribution >= 0.6 is 0 Å². The van der Waals surface area contributed by atoms with Gasteiger partial charge in [0.1, 0.15) is 35.1 Å². The predicted octanol–water partition coefficient (Wildman–Crippen LogP) is 5.08. The quantitative estimate of drug-likeness (QED) is 0.194. The summed E-state index contributed by atoms with van der Waals surface area (Å²) in [5.41, 5.74) is 0.461. The summed E-state index contributed by atoms with van der Waals surface area (Å²) in [7, 11) is 1.43. The Kier molecular flexibility index (Phi) is 12.4. The van der Waals surface area contributed by atoms with Crippen molar-refractivity contribution in [2.45, 2.75) is 83.7 Å². The SMILES string of the molecule is C#Cc1ccccc1C(C(=O)NC(Cc1ccccc1)C(=O)OC(C)(C)C)N(C)C(=O)C(Cc1ccc(O)cc1)NC(=O)OC(C)(C)C. The number of nitrogens with zero attached hydrogens (tertiary/aromatic N) is 1. The number of nitrogens with one attached hydrogen (secondary N) is 2. The van der Waals surface area contributed by atoms with Crippen LogP contribution in [0.3, 0.4) is 0 Å². The van der Waals surface area contributed by atoms with Crippen LogP contribution in [0.1, 0.15) is 69.8 Å². The number of carbonyl (C=O) groups is 4. The fourth-order valence-electron chi connectivity index (χ4n) is 4.95. The van der Waals surface area contributed by atoms with E-state index in [1.54, 1.807) is 77.9 Å². The number of esters is 1. The van der Waals surface area contributed by atoms with Gasteiger partial charge in [0.15, 0.2) is 0 Å². The number of terminal acetylenes is 1. The second-order valence-corrected chi connectivity index (χ2v) is 13.4. The average molecular weight is 656 g/mol. The highest BCUT2D eigenvalue weighted by molar-refractivity contribution is 5.94. The van der Waals surface area contributed by atoms with Crippen LogP contribution in [0.4, 0.5) is 4.79 Å². The van der Waals surface area contributed by atoms with Crippen molar-refractivity contribution in [1.29, 1.82) is 0 Å². The number of carbonyl (C=O) groups excluding carboxylic acids is 4. The van der Waals surface area contributed by atoms with Gasteiger partial charge >= 0.3 is 12.1 Å². The minimum atomic E-state index is -1.31. The second-order valence-electron chi connectivity index (χ2n) is 13.4. The molecule has 3 unspecified atom stereocenters. The molecule has 0 fully saturated rings. The molecule has 0 aromatic heterocycles. The van der Waals surface area contributed by atoms with Gasteiger partial charge in [-0.1, -0.05) is 66.6 Å². The van der Waals surface area contributed by atoms with Crippen LogP contribution in [0, 0.1) is 12.3 Å². The Bertz CT molecular complexity index is 1620. The first-order valence-corrected chi connectivity index (χ1v) is 15.6. The van der Waals surface area contributed by atoms with E-state index in [0.717, 1.165) is 5.56 Å². The third kappa shape index (κ3) is 11.2. The van der Waals surface area contributed by atoms with E-state index in [1.165, 1.54) is 24.1 Å². The highest BCUT2D eigenvalue weighted by Crippen LogP contribution is 2.26. The zero-order valence-electron chi connectivity index (χ0n) is 28.6. The summed E-state index contributed by atoms with van der Waals surface area (Å²) in [4.78, 5) is 56.2. The number of phenolic OH excluding ortho intramolecular Hbond substituents is 1. The number of rotatable bonds is 11. The number of aromatic hydroxyl groups is 1. The van der Waals surface area contributed by atoms with Crippen LogP contribution in [0.5, 0.6) is 5.75 Å². The molecule has 0 spiro atoms. The molecule has 0 saturated carbocycles. The molecule has 0 saturated heterocycles. The van der Waals surface area contributed by atoms with E-state index in [1.807, 2.05) is 30.3 Å². The first-order valence-electron chi connectivity index (χ1n) is 15.6. The number of phenols is 1. The number of benzene rings is 3. The van der Waals surface area contributed by atoms with Crippen molar-refractivity contribution in [3.8, 4) is 18.1 Å². The van der Waals surface area contributed by atoms with Crippen molar-refractivity contribution < 1.29 is 33.8 Å². The Labute approximate surface area is 282 Å². The Morgan fingerprint density at radius 2 is 1.31 bits per heavy atom. The van der Waals surface area contributed by atoms with Crippen LogP contribution in [0.25, 0.3) is 0 Å². The van der Waals surface area contributed by atoms with Gasteiger partial charge < -0.3 is 30.1 Å². The van der Waals surface area contributed by atoms with Crippen LogP contribution in [0.15, 0.2) is 78.9 Å². The molecule has 3 aromatic carbocycles. The topological polar surface area (TPSA) is 134 Å². The van der Waals surface area contributed by atoms with Crippen LogP contribution < -0.4 is 10.6 Å². The molecule has 0 aliphatic carbocycles. The van der Waals surface area contributed by atoms with Gasteiger partial charge in [-0.05, 0) is 76.4 Å². The van der Waals surface area contributed by atoms with Crippen molar-refractivity contribution >= 4 is 23.9 Å². The van der Waals surface area contributed by atoms with Gasteiger partial charge in [0.25, 0.3) is 0 Å². The summed E-state index contributed by atoms with van der Waals surface area (Å²) in [5.74, 6) is 0.669. The Morgan fingerprint density at radius 3 is 1.90 bits per heavy atom. The molecule has 48 heavy (non-hydrogen) atoms. The van der Waals surface area contributed by atoms with E-state index in [2.05, 4.69) is 16.6 Å². The highest BCUT2D eigenvalue weighted by atomic mass is 16.6. The van der Waals surface area contributed by atoms with Crippen molar-refractivity contribution in [3.63, 3.8) is 0 Å². The van der Waals surface area contributed by atoms with E-state index >= 15 is 0 Å². The van der Waals surface area contributed by atoms with Crippen molar-refractivity contribution in [3.05, 3.63) is 101 Å². The minimum absolute atomic E-state index is 0.0162. The Balaban J connectivity index is 2.04. The van der Waals surface area contributed by atoms with Crippen molar-refractivity contribution in [1.82, 2.24) is 15.5 Å². The van der Waals surface area contributed by atoms with E-state index in [0.29, 0.717) is 16.7 Å². The second kappa shape index (κ2) is 16.0. The number of hydrogen-bond acceptors (Lipinski definition) is 7. The summed E-state index contributed by atoms with van der Waals surface area (Å²) in [5, 5.41) is 15.3. The number of hydrogen-bond donors (Lipinski definition) is 3. The fraction of sp³-hybridized carbons (Fsp3) is 0.368. The zero-order chi connectivity index (χ0) is 35.6. The lowest BCUT2D eigenvalue weighted by Crippen LogP contribution is -2.54. The molecule has 3 aromatic rings. The van der Waals surface area contributed by atoms with E-state index in [-0.39, 0.29) is 18.6 Å². The molecule has 0 aliphatic rings. The van der Waals surface area contributed by atoms with Crippen molar-refractivity contribution in [2.75, 3.05) is 7.05 Å². The smallest absolute Gasteiger partial charge is 0.408 e. The molecule has 3 amide bonds. The molecule has 0 heterocycles. The molecule has 10 nitrogen and oxygen atoms in total. The number of amides is 3. The summed E-state index contributed by atoms with van der Waals surface area (Å²) >= 11 is 0. The van der Waals surface area contributed by atoms with Gasteiger partial charge in [-0.3, -0.25) is 9.59 Å².